The van der Waals surface area contributed by atoms with Gasteiger partial charge in [-0.15, -0.1) is 0 Å². The molecule has 0 amide bonds. The van der Waals surface area contributed by atoms with Crippen LogP contribution in [0.25, 0.3) is 0 Å². The molecule has 0 saturated carbocycles. The average Bonchev–Trinajstić information content (AvgIpc) is 2.50. The fourth-order valence-electron chi connectivity index (χ4n) is 2.32. The number of nitrogens with zero attached hydrogens (tertiary/aromatic N) is 1. The lowest BCUT2D eigenvalue weighted by atomic mass is 10.1. The minimum Gasteiger partial charge on any atom is -0.368 e. The molecule has 1 saturated heterocycles. The topological polar surface area (TPSA) is 29.3 Å². The normalized spacial score (nSPS) is 21.0. The number of nitrogens with two attached hydrogens (primary N) is 1. The maximum Gasteiger partial charge on any atom is 0.146 e. The van der Waals surface area contributed by atoms with Gasteiger partial charge in [-0.25, -0.2) is 4.39 Å². The first-order chi connectivity index (χ1) is 8.89. The summed E-state index contributed by atoms with van der Waals surface area (Å²) in [7, 11) is 0. The van der Waals surface area contributed by atoms with Crippen LogP contribution in [0.1, 0.15) is 38.8 Å². The lowest BCUT2D eigenvalue weighted by Crippen LogP contribution is -2.27. The summed E-state index contributed by atoms with van der Waals surface area (Å²) in [4.78, 5) is 2.15. The molecule has 0 aliphatic carbocycles. The Morgan fingerprint density at radius 1 is 1.37 bits per heavy atom. The molecule has 4 heteroatoms. The van der Waals surface area contributed by atoms with Gasteiger partial charge in [0.2, 0.25) is 0 Å². The fraction of sp³-hybridized carbons (Fsp3) is 0.600. The molecule has 0 bridgehead atoms. The predicted octanol–water partition coefficient (Wildman–Crippen LogP) is 3.57. The van der Waals surface area contributed by atoms with Crippen LogP contribution in [0.15, 0.2) is 18.2 Å². The second-order valence-electron chi connectivity index (χ2n) is 5.84. The molecule has 0 radical (unpaired) electrons. The smallest absolute Gasteiger partial charge is 0.146 e. The van der Waals surface area contributed by atoms with E-state index >= 15 is 0 Å². The number of thioether (sulfide) groups is 1. The number of hydrogen-bond donors (Lipinski definition) is 1. The summed E-state index contributed by atoms with van der Waals surface area (Å²) < 4.78 is 14.5. The van der Waals surface area contributed by atoms with Crippen molar-refractivity contribution in [3.05, 3.63) is 29.6 Å². The zero-order valence-corrected chi connectivity index (χ0v) is 12.8. The summed E-state index contributed by atoms with van der Waals surface area (Å²) in [6, 6.07) is 5.26. The van der Waals surface area contributed by atoms with Crippen molar-refractivity contribution in [2.24, 2.45) is 5.73 Å². The van der Waals surface area contributed by atoms with Crippen LogP contribution in [0.2, 0.25) is 0 Å². The number of hydrogen-bond acceptors (Lipinski definition) is 3. The van der Waals surface area contributed by atoms with E-state index in [0.717, 1.165) is 30.8 Å². The van der Waals surface area contributed by atoms with Crippen molar-refractivity contribution in [2.75, 3.05) is 23.7 Å². The Morgan fingerprint density at radius 2 is 2.11 bits per heavy atom. The molecule has 2 nitrogen and oxygen atoms in total. The monoisotopic (exact) mass is 282 g/mol. The Bertz CT molecular complexity index is 446. The molecular weight excluding hydrogens is 259 g/mol. The molecule has 106 valence electrons. The van der Waals surface area contributed by atoms with E-state index in [4.69, 9.17) is 5.73 Å². The lowest BCUT2D eigenvalue weighted by molar-refractivity contribution is 0.599. The first kappa shape index (κ1) is 14.7. The van der Waals surface area contributed by atoms with Gasteiger partial charge in [0, 0.05) is 29.6 Å². The van der Waals surface area contributed by atoms with E-state index in [1.54, 1.807) is 6.07 Å². The molecule has 0 aromatic heterocycles. The van der Waals surface area contributed by atoms with Crippen LogP contribution in [-0.2, 0) is 0 Å². The Hall–Kier alpha value is -0.740. The summed E-state index contributed by atoms with van der Waals surface area (Å²) in [5.41, 5.74) is 7.35. The van der Waals surface area contributed by atoms with Gasteiger partial charge in [-0.1, -0.05) is 19.9 Å². The molecule has 1 unspecified atom stereocenters. The van der Waals surface area contributed by atoms with E-state index < -0.39 is 0 Å². The average molecular weight is 282 g/mol. The van der Waals surface area contributed by atoms with Crippen molar-refractivity contribution in [3.8, 4) is 0 Å². The van der Waals surface area contributed by atoms with Crippen molar-refractivity contribution >= 4 is 17.4 Å². The van der Waals surface area contributed by atoms with Crippen molar-refractivity contribution in [2.45, 2.75) is 38.0 Å². The molecule has 1 heterocycles. The van der Waals surface area contributed by atoms with E-state index in [1.807, 2.05) is 30.8 Å². The van der Waals surface area contributed by atoms with Gasteiger partial charge >= 0.3 is 0 Å². The zero-order valence-electron chi connectivity index (χ0n) is 11.9. The Labute approximate surface area is 119 Å². The lowest BCUT2D eigenvalue weighted by Gasteiger charge is -2.25. The third-order valence-electron chi connectivity index (χ3n) is 3.68. The molecule has 1 fully saturated rings. The van der Waals surface area contributed by atoms with Crippen LogP contribution >= 0.6 is 11.8 Å². The van der Waals surface area contributed by atoms with E-state index in [0.29, 0.717) is 5.69 Å². The van der Waals surface area contributed by atoms with Gasteiger partial charge in [-0.3, -0.25) is 0 Å². The van der Waals surface area contributed by atoms with E-state index in [-0.39, 0.29) is 16.6 Å². The minimum absolute atomic E-state index is 0.123. The molecule has 1 aliphatic heterocycles. The molecule has 0 spiro atoms. The molecule has 2 rings (SSSR count). The molecule has 1 aromatic rings. The van der Waals surface area contributed by atoms with Gasteiger partial charge in [0.1, 0.15) is 5.82 Å². The van der Waals surface area contributed by atoms with Gasteiger partial charge in [0.05, 0.1) is 5.69 Å². The Morgan fingerprint density at radius 3 is 2.74 bits per heavy atom. The van der Waals surface area contributed by atoms with Crippen molar-refractivity contribution in [1.29, 1.82) is 0 Å². The summed E-state index contributed by atoms with van der Waals surface area (Å²) in [5, 5.41) is 0. The molecule has 2 N–H and O–H groups in total. The van der Waals surface area contributed by atoms with E-state index in [2.05, 4.69) is 18.7 Å². The van der Waals surface area contributed by atoms with Crippen LogP contribution in [0.4, 0.5) is 10.1 Å². The van der Waals surface area contributed by atoms with Crippen LogP contribution in [-0.4, -0.2) is 23.6 Å². The van der Waals surface area contributed by atoms with Crippen molar-refractivity contribution in [3.63, 3.8) is 0 Å². The third-order valence-corrected chi connectivity index (χ3v) is 5.05. The largest absolute Gasteiger partial charge is 0.368 e. The number of benzene rings is 1. The highest BCUT2D eigenvalue weighted by Gasteiger charge is 2.24. The summed E-state index contributed by atoms with van der Waals surface area (Å²) >= 11 is 1.97. The molecule has 1 atom stereocenters. The second kappa shape index (κ2) is 5.71. The minimum atomic E-state index is -0.153. The van der Waals surface area contributed by atoms with E-state index in [1.165, 1.54) is 0 Å². The molecule has 1 aliphatic rings. The van der Waals surface area contributed by atoms with E-state index in [9.17, 15) is 4.39 Å². The highest BCUT2D eigenvalue weighted by Crippen LogP contribution is 2.33. The molecule has 19 heavy (non-hydrogen) atoms. The summed E-state index contributed by atoms with van der Waals surface area (Å²) in [6.07, 6.45) is 1.08. The maximum atomic E-state index is 14.2. The maximum absolute atomic E-state index is 14.2. The molecular formula is C15H23FN2S. The van der Waals surface area contributed by atoms with Crippen LogP contribution in [0, 0.1) is 5.82 Å². The molecule has 1 aromatic carbocycles. The summed E-state index contributed by atoms with van der Waals surface area (Å²) in [5.74, 6) is 0.890. The van der Waals surface area contributed by atoms with Gasteiger partial charge in [0.25, 0.3) is 0 Å². The highest BCUT2D eigenvalue weighted by molar-refractivity contribution is 8.00. The fourth-order valence-corrected chi connectivity index (χ4v) is 3.42. The Balaban J connectivity index is 2.18. The standard InChI is InChI=1S/C15H23FN2S/c1-11(17)12-4-5-14(13(16)10-12)18-7-6-15(2,3)19-9-8-18/h4-5,10-11H,6-9,17H2,1-3H3. The SMILES string of the molecule is CC(N)c1ccc(N2CCSC(C)(C)CC2)c(F)c1. The first-order valence-electron chi connectivity index (χ1n) is 6.83. The quantitative estimate of drug-likeness (QED) is 0.899. The van der Waals surface area contributed by atoms with Gasteiger partial charge in [0.15, 0.2) is 0 Å². The predicted molar refractivity (Wildman–Crippen MR) is 82.4 cm³/mol. The first-order valence-corrected chi connectivity index (χ1v) is 7.81. The number of rotatable bonds is 2. The highest BCUT2D eigenvalue weighted by atomic mass is 32.2. The van der Waals surface area contributed by atoms with Crippen LogP contribution < -0.4 is 10.6 Å². The number of halogens is 1. The zero-order chi connectivity index (χ0) is 14.0. The van der Waals surface area contributed by atoms with Gasteiger partial charge < -0.3 is 10.6 Å². The number of anilines is 1. The second-order valence-corrected chi connectivity index (χ2v) is 7.65. The van der Waals surface area contributed by atoms with Crippen molar-refractivity contribution in [1.82, 2.24) is 0 Å². The third kappa shape index (κ3) is 3.63. The van der Waals surface area contributed by atoms with Gasteiger partial charge in [-0.05, 0) is 31.0 Å². The van der Waals surface area contributed by atoms with Gasteiger partial charge in [-0.2, -0.15) is 11.8 Å². The van der Waals surface area contributed by atoms with Crippen LogP contribution in [0.5, 0.6) is 0 Å². The Kier molecular flexibility index (Phi) is 4.41. The summed E-state index contributed by atoms with van der Waals surface area (Å²) in [6.45, 7) is 8.21. The van der Waals surface area contributed by atoms with Crippen LogP contribution in [0.3, 0.4) is 0 Å². The van der Waals surface area contributed by atoms with Crippen molar-refractivity contribution < 1.29 is 4.39 Å².